The number of hydrogen-bond donors (Lipinski definition) is 6. The molecule has 2 amide bonds. The second kappa shape index (κ2) is 22.4. The van der Waals surface area contributed by atoms with Gasteiger partial charge in [0.05, 0.1) is 18.2 Å². The Bertz CT molecular complexity index is 2620. The minimum absolute atomic E-state index is 0.0675. The highest BCUT2D eigenvalue weighted by atomic mass is 16.5. The van der Waals surface area contributed by atoms with Crippen molar-refractivity contribution >= 4 is 28.7 Å². The highest BCUT2D eigenvalue weighted by molar-refractivity contribution is 5.94. The number of phenolic OH excluding ortho intramolecular Hbond substituents is 1. The van der Waals surface area contributed by atoms with Crippen LogP contribution in [0.15, 0.2) is 138 Å². The summed E-state index contributed by atoms with van der Waals surface area (Å²) >= 11 is 0. The van der Waals surface area contributed by atoms with Crippen molar-refractivity contribution in [3.8, 4) is 11.5 Å². The number of aromatic amines is 1. The van der Waals surface area contributed by atoms with E-state index in [9.17, 15) is 34.5 Å². The molecule has 1 aliphatic rings. The van der Waals surface area contributed by atoms with E-state index in [0.29, 0.717) is 35.0 Å². The van der Waals surface area contributed by atoms with E-state index >= 15 is 0 Å². The number of aliphatic hydroxyl groups excluding tert-OH is 1. The van der Waals surface area contributed by atoms with Gasteiger partial charge in [-0.25, -0.2) is 4.79 Å². The third-order valence-corrected chi connectivity index (χ3v) is 12.1. The zero-order chi connectivity index (χ0) is 46.5. The monoisotopic (exact) mass is 895 g/mol. The minimum atomic E-state index is -2.12. The van der Waals surface area contributed by atoms with Crippen molar-refractivity contribution in [3.05, 3.63) is 177 Å². The number of pyridine rings is 1. The van der Waals surface area contributed by atoms with Crippen molar-refractivity contribution in [1.29, 1.82) is 0 Å². The second-order valence-electron chi connectivity index (χ2n) is 16.7. The van der Waals surface area contributed by atoms with E-state index in [1.807, 2.05) is 30.3 Å². The Morgan fingerprint density at radius 2 is 1.56 bits per heavy atom. The summed E-state index contributed by atoms with van der Waals surface area (Å²) in [4.78, 5) is 58.0. The Hall–Kier alpha value is -6.84. The second-order valence-corrected chi connectivity index (χ2v) is 16.7. The number of likely N-dealkylation sites (tertiary alicyclic amines) is 1. The van der Waals surface area contributed by atoms with E-state index in [1.54, 1.807) is 85.9 Å². The molecule has 6 aromatic rings. The first-order valence-electron chi connectivity index (χ1n) is 22.3. The normalized spacial score (nSPS) is 14.5. The fourth-order valence-electron chi connectivity index (χ4n) is 8.12. The Morgan fingerprint density at radius 1 is 0.848 bits per heavy atom. The van der Waals surface area contributed by atoms with Crippen molar-refractivity contribution in [3.63, 3.8) is 0 Å². The third kappa shape index (κ3) is 12.1. The summed E-state index contributed by atoms with van der Waals surface area (Å²) in [6.07, 6.45) is 1.53. The number of piperidine rings is 1. The summed E-state index contributed by atoms with van der Waals surface area (Å²) in [7, 11) is 1.61. The number of carbonyl (C=O) groups excluding carboxylic acids is 3. The van der Waals surface area contributed by atoms with Gasteiger partial charge in [-0.15, -0.1) is 0 Å². The molecule has 6 N–H and O–H groups in total. The van der Waals surface area contributed by atoms with Gasteiger partial charge in [-0.1, -0.05) is 91.0 Å². The fourth-order valence-corrected chi connectivity index (χ4v) is 8.12. The quantitative estimate of drug-likeness (QED) is 0.0444. The van der Waals surface area contributed by atoms with Gasteiger partial charge in [-0.2, -0.15) is 0 Å². The van der Waals surface area contributed by atoms with Gasteiger partial charge in [0.15, 0.2) is 6.61 Å². The maximum Gasteiger partial charge on any atom is 0.347 e. The average molecular weight is 896 g/mol. The van der Waals surface area contributed by atoms with Crippen LogP contribution in [0.1, 0.15) is 57.1 Å². The zero-order valence-corrected chi connectivity index (χ0v) is 37.0. The third-order valence-electron chi connectivity index (χ3n) is 12.1. The van der Waals surface area contributed by atoms with E-state index in [1.165, 1.54) is 22.6 Å². The van der Waals surface area contributed by atoms with Crippen molar-refractivity contribution in [1.82, 2.24) is 25.4 Å². The summed E-state index contributed by atoms with van der Waals surface area (Å²) < 4.78 is 11.7. The molecule has 1 fully saturated rings. The van der Waals surface area contributed by atoms with Gasteiger partial charge < -0.3 is 45.3 Å². The molecule has 7 rings (SSSR count). The number of fused-ring (bicyclic) bond motifs is 1. The largest absolute Gasteiger partial charge is 0.506 e. The molecule has 1 unspecified atom stereocenters. The average Bonchev–Trinajstić information content (AvgIpc) is 3.35. The van der Waals surface area contributed by atoms with Gasteiger partial charge in [-0.3, -0.25) is 19.3 Å². The lowest BCUT2D eigenvalue weighted by atomic mass is 9.86. The number of phenols is 1. The summed E-state index contributed by atoms with van der Waals surface area (Å²) in [5, 5.41) is 39.7. The van der Waals surface area contributed by atoms with Gasteiger partial charge in [0.25, 0.3) is 11.8 Å². The van der Waals surface area contributed by atoms with Crippen LogP contribution >= 0.6 is 0 Å². The number of benzene rings is 5. The lowest BCUT2D eigenvalue weighted by Gasteiger charge is -2.33. The van der Waals surface area contributed by atoms with Crippen LogP contribution in [0.25, 0.3) is 10.9 Å². The van der Waals surface area contributed by atoms with Crippen LogP contribution in [0.5, 0.6) is 11.5 Å². The highest BCUT2D eigenvalue weighted by Gasteiger charge is 2.42. The lowest BCUT2D eigenvalue weighted by molar-refractivity contribution is -0.164. The highest BCUT2D eigenvalue weighted by Crippen LogP contribution is 2.34. The first-order valence-corrected chi connectivity index (χ1v) is 22.3. The lowest BCUT2D eigenvalue weighted by Crippen LogP contribution is -2.40. The number of hydrogen-bond acceptors (Lipinski definition) is 11. The van der Waals surface area contributed by atoms with Gasteiger partial charge in [0, 0.05) is 55.8 Å². The molecule has 0 bridgehead atoms. The van der Waals surface area contributed by atoms with E-state index in [2.05, 4.69) is 32.7 Å². The van der Waals surface area contributed by atoms with E-state index < -0.39 is 17.7 Å². The number of rotatable bonds is 20. The topological polar surface area (TPSA) is 194 Å². The van der Waals surface area contributed by atoms with Crippen molar-refractivity contribution in [2.24, 2.45) is 5.92 Å². The van der Waals surface area contributed by atoms with Crippen LogP contribution in [0.3, 0.4) is 0 Å². The van der Waals surface area contributed by atoms with Crippen molar-refractivity contribution in [2.45, 2.75) is 37.5 Å². The Labute approximate surface area is 383 Å². The maximum atomic E-state index is 13.8. The number of aromatic hydroxyl groups is 1. The van der Waals surface area contributed by atoms with Gasteiger partial charge in [0.2, 0.25) is 11.2 Å². The molecular formula is C52H57N5O9. The Balaban J connectivity index is 0.836. The molecule has 1 aliphatic heterocycles. The number of ether oxygens (including phenoxy) is 2. The number of esters is 1. The smallest absolute Gasteiger partial charge is 0.347 e. The number of aliphatic hydroxyl groups is 2. The molecule has 5 aromatic carbocycles. The van der Waals surface area contributed by atoms with Crippen LogP contribution in [-0.4, -0.2) is 107 Å². The number of aromatic nitrogens is 1. The van der Waals surface area contributed by atoms with E-state index in [0.717, 1.165) is 38.0 Å². The molecule has 0 aliphatic carbocycles. The van der Waals surface area contributed by atoms with Crippen molar-refractivity contribution < 1.29 is 39.2 Å². The molecule has 2 heterocycles. The van der Waals surface area contributed by atoms with E-state index in [4.69, 9.17) is 9.47 Å². The molecule has 14 nitrogen and oxygen atoms in total. The minimum Gasteiger partial charge on any atom is -0.506 e. The van der Waals surface area contributed by atoms with Crippen LogP contribution in [0.4, 0.5) is 0 Å². The number of nitrogens with one attached hydrogen (secondary N) is 3. The summed E-state index contributed by atoms with van der Waals surface area (Å²) in [6.45, 7) is 3.80. The first kappa shape index (κ1) is 47.1. The Kier molecular flexibility index (Phi) is 16.0. The van der Waals surface area contributed by atoms with Crippen LogP contribution in [0.2, 0.25) is 0 Å². The molecule has 1 saturated heterocycles. The Morgan fingerprint density at radius 3 is 2.30 bits per heavy atom. The standard InChI is InChI=1S/C52H57N5O9/c1-56(30-27-54-50(62)39-17-15-36(16-18-39)23-26-53-32-46(59)43-19-21-45(58)49-44(43)20-22-47(60)55-49)48(61)35-65-42-14-8-13-41(31-42)52(64,40-11-6-3-7-12-40)51(63)66-34-38-24-28-57(29-25-38)33-37-9-4-2-5-10-37/h2-22,31,38,46,53,58-59,64H,23-30,32-35H2,1H3,(H,54,62)(H,55,60)/t46-,52?/m0/s1. The number of amides is 2. The summed E-state index contributed by atoms with van der Waals surface area (Å²) in [5.74, 6) is -1.01. The van der Waals surface area contributed by atoms with Crippen LogP contribution in [0, 0.1) is 5.92 Å². The molecule has 1 aromatic heterocycles. The fraction of sp³-hybridized carbons (Fsp3) is 0.308. The van der Waals surface area contributed by atoms with Gasteiger partial charge in [-0.05, 0) is 103 Å². The molecule has 14 heteroatoms. The molecule has 0 saturated carbocycles. The number of H-pyrrole nitrogens is 1. The number of nitrogens with zero attached hydrogens (tertiary/aromatic N) is 2. The SMILES string of the molecule is CN(CCNC(=O)c1ccc(CCNC[C@H](O)c2ccc(O)c3[nH]c(=O)ccc23)cc1)C(=O)COc1cccc(C(O)(C(=O)OCC2CCN(Cc3ccccc3)CC2)c2ccccc2)c1. The summed E-state index contributed by atoms with van der Waals surface area (Å²) in [5.41, 5.74) is 1.72. The molecule has 344 valence electrons. The van der Waals surface area contributed by atoms with E-state index in [-0.39, 0.29) is 78.7 Å². The predicted molar refractivity (Wildman–Crippen MR) is 251 cm³/mol. The molecule has 2 atom stereocenters. The number of likely N-dealkylation sites (N-methyl/N-ethyl adjacent to an activating group) is 1. The molecule has 0 radical (unpaired) electrons. The molecule has 0 spiro atoms. The number of carbonyl (C=O) groups is 3. The zero-order valence-electron chi connectivity index (χ0n) is 37.0. The summed E-state index contributed by atoms with van der Waals surface area (Å²) in [6, 6.07) is 38.7. The predicted octanol–water partition coefficient (Wildman–Crippen LogP) is 5.06. The van der Waals surface area contributed by atoms with Crippen LogP contribution in [-0.2, 0) is 32.9 Å². The van der Waals surface area contributed by atoms with Gasteiger partial charge >= 0.3 is 5.97 Å². The molecular weight excluding hydrogens is 839 g/mol. The van der Waals surface area contributed by atoms with Crippen LogP contribution < -0.4 is 20.9 Å². The first-order chi connectivity index (χ1) is 32.0. The maximum absolute atomic E-state index is 13.8. The van der Waals surface area contributed by atoms with Gasteiger partial charge in [0.1, 0.15) is 11.5 Å². The molecule has 66 heavy (non-hydrogen) atoms. The van der Waals surface area contributed by atoms with Crippen molar-refractivity contribution in [2.75, 3.05) is 59.5 Å².